The summed E-state index contributed by atoms with van der Waals surface area (Å²) in [6.45, 7) is 2.60. The van der Waals surface area contributed by atoms with Gasteiger partial charge in [0, 0.05) is 23.8 Å². The molecular formula is C13H16N2O3S3. The van der Waals surface area contributed by atoms with E-state index in [9.17, 15) is 13.2 Å². The van der Waals surface area contributed by atoms with Crippen LogP contribution in [0.25, 0.3) is 0 Å². The number of nitrogens with one attached hydrogen (secondary N) is 1. The van der Waals surface area contributed by atoms with E-state index in [0.29, 0.717) is 18.0 Å². The van der Waals surface area contributed by atoms with Crippen molar-refractivity contribution in [2.24, 2.45) is 0 Å². The number of amides is 1. The largest absolute Gasteiger partial charge is 0.346 e. The van der Waals surface area contributed by atoms with Gasteiger partial charge in [-0.2, -0.15) is 0 Å². The first kappa shape index (κ1) is 16.2. The third-order valence-corrected chi connectivity index (χ3v) is 6.82. The second-order valence-corrected chi connectivity index (χ2v) is 8.32. The van der Waals surface area contributed by atoms with E-state index in [1.807, 2.05) is 17.5 Å². The van der Waals surface area contributed by atoms with Crippen molar-refractivity contribution in [3.8, 4) is 0 Å². The van der Waals surface area contributed by atoms with Gasteiger partial charge in [0.2, 0.25) is 10.0 Å². The molecule has 2 aromatic heterocycles. The molecule has 0 aromatic carbocycles. The first-order valence-corrected chi connectivity index (χ1v) is 9.50. The van der Waals surface area contributed by atoms with Crippen molar-refractivity contribution < 1.29 is 13.2 Å². The van der Waals surface area contributed by atoms with Crippen molar-refractivity contribution in [2.75, 3.05) is 13.6 Å². The maximum absolute atomic E-state index is 12.1. The number of nitrogens with zero attached hydrogens (tertiary/aromatic N) is 1. The standard InChI is InChI=1S/C13H16N2O3S3/c1-3-15(2)21(17,18)11-7-12(20-9-11)13(16)14-8-10-5-4-6-19-10/h4-7,9H,3,8H2,1-2H3,(H,14,16). The average molecular weight is 344 g/mol. The summed E-state index contributed by atoms with van der Waals surface area (Å²) in [6, 6.07) is 5.28. The Labute approximate surface area is 132 Å². The summed E-state index contributed by atoms with van der Waals surface area (Å²) in [4.78, 5) is 13.6. The van der Waals surface area contributed by atoms with Gasteiger partial charge in [-0.05, 0) is 17.5 Å². The molecule has 0 aliphatic carbocycles. The minimum Gasteiger partial charge on any atom is -0.346 e. The zero-order valence-electron chi connectivity index (χ0n) is 11.7. The van der Waals surface area contributed by atoms with Gasteiger partial charge in [-0.3, -0.25) is 4.79 Å². The Bertz CT molecular complexity index is 705. The summed E-state index contributed by atoms with van der Waals surface area (Å²) in [5.74, 6) is -0.256. The second-order valence-electron chi connectivity index (χ2n) is 4.33. The Morgan fingerprint density at radius 1 is 1.38 bits per heavy atom. The number of hydrogen-bond donors (Lipinski definition) is 1. The van der Waals surface area contributed by atoms with Crippen molar-refractivity contribution in [2.45, 2.75) is 18.4 Å². The molecule has 5 nitrogen and oxygen atoms in total. The van der Waals surface area contributed by atoms with Crippen LogP contribution < -0.4 is 5.32 Å². The third-order valence-electron chi connectivity index (χ3n) is 2.96. The van der Waals surface area contributed by atoms with E-state index < -0.39 is 10.0 Å². The summed E-state index contributed by atoms with van der Waals surface area (Å²) < 4.78 is 25.5. The van der Waals surface area contributed by atoms with Gasteiger partial charge in [-0.25, -0.2) is 12.7 Å². The molecule has 0 aliphatic heterocycles. The fraction of sp³-hybridized carbons (Fsp3) is 0.308. The van der Waals surface area contributed by atoms with Gasteiger partial charge in [0.25, 0.3) is 5.91 Å². The average Bonchev–Trinajstić information content (AvgIpc) is 3.14. The van der Waals surface area contributed by atoms with Gasteiger partial charge < -0.3 is 5.32 Å². The van der Waals surface area contributed by atoms with E-state index in [1.54, 1.807) is 18.3 Å². The molecule has 8 heteroatoms. The summed E-state index contributed by atoms with van der Waals surface area (Å²) in [7, 11) is -1.98. The van der Waals surface area contributed by atoms with Crippen LogP contribution in [0.4, 0.5) is 0 Å². The van der Waals surface area contributed by atoms with Crippen molar-refractivity contribution in [3.63, 3.8) is 0 Å². The highest BCUT2D eigenvalue weighted by molar-refractivity contribution is 7.89. The van der Waals surface area contributed by atoms with Gasteiger partial charge in [0.1, 0.15) is 0 Å². The highest BCUT2D eigenvalue weighted by Crippen LogP contribution is 2.22. The molecule has 0 unspecified atom stereocenters. The molecule has 2 rings (SSSR count). The fourth-order valence-corrected chi connectivity index (χ4v) is 4.59. The van der Waals surface area contributed by atoms with Gasteiger partial charge in [-0.1, -0.05) is 13.0 Å². The Balaban J connectivity index is 2.07. The molecule has 1 N–H and O–H groups in total. The number of carbonyl (C=O) groups excluding carboxylic acids is 1. The predicted octanol–water partition coefficient (Wildman–Crippen LogP) is 2.38. The molecule has 0 fully saturated rings. The van der Waals surface area contributed by atoms with E-state index in [0.717, 1.165) is 16.2 Å². The summed E-state index contributed by atoms with van der Waals surface area (Å²) >= 11 is 2.70. The topological polar surface area (TPSA) is 66.5 Å². The fourth-order valence-electron chi connectivity index (χ4n) is 1.59. The van der Waals surface area contributed by atoms with Crippen LogP contribution >= 0.6 is 22.7 Å². The summed E-state index contributed by atoms with van der Waals surface area (Å²) in [5, 5.41) is 6.23. The normalized spacial score (nSPS) is 11.8. The minimum absolute atomic E-state index is 0.165. The zero-order valence-corrected chi connectivity index (χ0v) is 14.1. The maximum atomic E-state index is 12.1. The quantitative estimate of drug-likeness (QED) is 0.875. The molecule has 0 atom stereocenters. The lowest BCUT2D eigenvalue weighted by atomic mass is 10.4. The molecule has 0 saturated heterocycles. The molecule has 0 spiro atoms. The van der Waals surface area contributed by atoms with Crippen LogP contribution in [0.15, 0.2) is 33.9 Å². The Morgan fingerprint density at radius 3 is 2.76 bits per heavy atom. The first-order chi connectivity index (χ1) is 9.95. The van der Waals surface area contributed by atoms with E-state index in [1.165, 1.54) is 22.8 Å². The smallest absolute Gasteiger partial charge is 0.261 e. The van der Waals surface area contributed by atoms with Crippen LogP contribution in [0.5, 0.6) is 0 Å². The molecule has 2 heterocycles. The lowest BCUT2D eigenvalue weighted by Crippen LogP contribution is -2.26. The third kappa shape index (κ3) is 3.70. The second kappa shape index (κ2) is 6.69. The maximum Gasteiger partial charge on any atom is 0.261 e. The molecule has 0 aliphatic rings. The van der Waals surface area contributed by atoms with Crippen molar-refractivity contribution in [1.29, 1.82) is 0 Å². The van der Waals surface area contributed by atoms with Crippen molar-refractivity contribution in [3.05, 3.63) is 38.7 Å². The lowest BCUT2D eigenvalue weighted by Gasteiger charge is -2.12. The van der Waals surface area contributed by atoms with Crippen LogP contribution in [0.3, 0.4) is 0 Å². The van der Waals surface area contributed by atoms with Crippen LogP contribution in [0.1, 0.15) is 21.5 Å². The molecular weight excluding hydrogens is 328 g/mol. The summed E-state index contributed by atoms with van der Waals surface area (Å²) in [6.07, 6.45) is 0. The number of rotatable bonds is 6. The molecule has 0 radical (unpaired) electrons. The van der Waals surface area contributed by atoms with Gasteiger partial charge >= 0.3 is 0 Å². The predicted molar refractivity (Wildman–Crippen MR) is 85.3 cm³/mol. The lowest BCUT2D eigenvalue weighted by molar-refractivity contribution is 0.0955. The molecule has 0 saturated carbocycles. The number of sulfonamides is 1. The van der Waals surface area contributed by atoms with Crippen LogP contribution in [-0.2, 0) is 16.6 Å². The molecule has 114 valence electrons. The number of hydrogen-bond acceptors (Lipinski definition) is 5. The van der Waals surface area contributed by atoms with Gasteiger partial charge in [0.05, 0.1) is 16.3 Å². The number of carbonyl (C=O) groups is 1. The highest BCUT2D eigenvalue weighted by atomic mass is 32.2. The Hall–Kier alpha value is -1.22. The van der Waals surface area contributed by atoms with Crippen LogP contribution in [0, 0.1) is 0 Å². The molecule has 2 aromatic rings. The van der Waals surface area contributed by atoms with Crippen LogP contribution in [-0.4, -0.2) is 32.2 Å². The molecule has 0 bridgehead atoms. The summed E-state index contributed by atoms with van der Waals surface area (Å²) in [5.41, 5.74) is 0. The molecule has 21 heavy (non-hydrogen) atoms. The van der Waals surface area contributed by atoms with Crippen LogP contribution in [0.2, 0.25) is 0 Å². The van der Waals surface area contributed by atoms with E-state index in [2.05, 4.69) is 5.32 Å². The number of thiophene rings is 2. The van der Waals surface area contributed by atoms with E-state index in [-0.39, 0.29) is 10.8 Å². The van der Waals surface area contributed by atoms with E-state index >= 15 is 0 Å². The minimum atomic E-state index is -3.49. The van der Waals surface area contributed by atoms with Crippen molar-refractivity contribution >= 4 is 38.6 Å². The Morgan fingerprint density at radius 2 is 2.14 bits per heavy atom. The SMILES string of the molecule is CCN(C)S(=O)(=O)c1csc(C(=O)NCc2cccs2)c1. The van der Waals surface area contributed by atoms with E-state index in [4.69, 9.17) is 0 Å². The monoisotopic (exact) mass is 344 g/mol. The molecule has 1 amide bonds. The highest BCUT2D eigenvalue weighted by Gasteiger charge is 2.22. The van der Waals surface area contributed by atoms with Gasteiger partial charge in [-0.15, -0.1) is 22.7 Å². The van der Waals surface area contributed by atoms with Crippen molar-refractivity contribution in [1.82, 2.24) is 9.62 Å². The first-order valence-electron chi connectivity index (χ1n) is 6.30. The zero-order chi connectivity index (χ0) is 15.5. The Kier molecular flexibility index (Phi) is 5.15. The van der Waals surface area contributed by atoms with Gasteiger partial charge in [0.15, 0.2) is 0 Å².